The molecule has 0 radical (unpaired) electrons. The highest BCUT2D eigenvalue weighted by Crippen LogP contribution is 2.33. The molecule has 0 spiro atoms. The number of nitrogens with zero attached hydrogens (tertiary/aromatic N) is 1. The first-order valence-corrected chi connectivity index (χ1v) is 9.19. The SMILES string of the molecule is [O-][n+]1ccccc1SC[C@H]1C[C@@H](c2ccc3ccccc3c2)CO1. The first-order chi connectivity index (χ1) is 11.8. The molecule has 0 N–H and O–H groups in total. The van der Waals surface area contributed by atoms with Gasteiger partial charge in [0.1, 0.15) is 0 Å². The number of ether oxygens (including phenoxy) is 1. The lowest BCUT2D eigenvalue weighted by Gasteiger charge is -2.10. The van der Waals surface area contributed by atoms with Crippen LogP contribution in [0.1, 0.15) is 17.9 Å². The summed E-state index contributed by atoms with van der Waals surface area (Å²) in [5.41, 5.74) is 1.35. The minimum atomic E-state index is 0.201. The van der Waals surface area contributed by atoms with E-state index in [-0.39, 0.29) is 6.10 Å². The molecule has 0 aliphatic carbocycles. The van der Waals surface area contributed by atoms with Crippen LogP contribution in [0.4, 0.5) is 0 Å². The third-order valence-electron chi connectivity index (χ3n) is 4.53. The Labute approximate surface area is 145 Å². The number of fused-ring (bicyclic) bond motifs is 1. The van der Waals surface area contributed by atoms with Gasteiger partial charge in [0, 0.05) is 23.8 Å². The van der Waals surface area contributed by atoms with Crippen LogP contribution in [0.2, 0.25) is 0 Å². The maximum absolute atomic E-state index is 11.7. The molecule has 0 amide bonds. The molecule has 1 saturated heterocycles. The number of benzene rings is 2. The van der Waals surface area contributed by atoms with Crippen molar-refractivity contribution in [3.05, 3.63) is 77.6 Å². The molecule has 122 valence electrons. The molecule has 2 atom stereocenters. The van der Waals surface area contributed by atoms with Gasteiger partial charge in [-0.15, -0.1) is 0 Å². The minimum Gasteiger partial charge on any atom is -0.618 e. The molecule has 24 heavy (non-hydrogen) atoms. The molecule has 3 aromatic rings. The zero-order chi connectivity index (χ0) is 16.4. The smallest absolute Gasteiger partial charge is 0.251 e. The average Bonchev–Trinajstić information content (AvgIpc) is 3.10. The lowest BCUT2D eigenvalue weighted by molar-refractivity contribution is -0.645. The molecular weight excluding hydrogens is 318 g/mol. The fraction of sp³-hybridized carbons (Fsp3) is 0.250. The Morgan fingerprint density at radius 3 is 2.75 bits per heavy atom. The van der Waals surface area contributed by atoms with Gasteiger partial charge in [0.25, 0.3) is 5.03 Å². The summed E-state index contributed by atoms with van der Waals surface area (Å²) in [7, 11) is 0. The van der Waals surface area contributed by atoms with E-state index >= 15 is 0 Å². The molecule has 1 aromatic heterocycles. The van der Waals surface area contributed by atoms with Crippen LogP contribution in [0, 0.1) is 5.21 Å². The van der Waals surface area contributed by atoms with Gasteiger partial charge in [-0.2, -0.15) is 4.73 Å². The summed E-state index contributed by atoms with van der Waals surface area (Å²) in [4.78, 5) is 0. The Morgan fingerprint density at radius 2 is 1.88 bits per heavy atom. The normalized spacial score (nSPS) is 20.5. The number of thioether (sulfide) groups is 1. The molecule has 0 saturated carbocycles. The van der Waals surface area contributed by atoms with Crippen molar-refractivity contribution in [1.82, 2.24) is 0 Å². The Hall–Kier alpha value is -2.04. The molecule has 3 nitrogen and oxygen atoms in total. The van der Waals surface area contributed by atoms with E-state index in [1.165, 1.54) is 22.5 Å². The van der Waals surface area contributed by atoms with E-state index in [1.807, 2.05) is 12.1 Å². The number of hydrogen-bond donors (Lipinski definition) is 0. The molecule has 2 heterocycles. The summed E-state index contributed by atoms with van der Waals surface area (Å²) < 4.78 is 6.88. The van der Waals surface area contributed by atoms with Crippen LogP contribution < -0.4 is 4.73 Å². The van der Waals surface area contributed by atoms with Gasteiger partial charge in [0.05, 0.1) is 12.7 Å². The lowest BCUT2D eigenvalue weighted by atomic mass is 9.94. The summed E-state index contributed by atoms with van der Waals surface area (Å²) in [6, 6.07) is 20.6. The van der Waals surface area contributed by atoms with E-state index in [1.54, 1.807) is 17.8 Å². The zero-order valence-electron chi connectivity index (χ0n) is 13.3. The van der Waals surface area contributed by atoms with Gasteiger partial charge in [0.2, 0.25) is 0 Å². The highest BCUT2D eigenvalue weighted by molar-refractivity contribution is 7.99. The molecule has 1 fully saturated rings. The van der Waals surface area contributed by atoms with Gasteiger partial charge >= 0.3 is 0 Å². The summed E-state index contributed by atoms with van der Waals surface area (Å²) in [5.74, 6) is 1.26. The Balaban J connectivity index is 1.41. The fourth-order valence-electron chi connectivity index (χ4n) is 3.22. The van der Waals surface area contributed by atoms with Crippen LogP contribution in [-0.4, -0.2) is 18.5 Å². The molecular formula is C20H19NO2S. The average molecular weight is 337 g/mol. The van der Waals surface area contributed by atoms with Crippen molar-refractivity contribution >= 4 is 22.5 Å². The second-order valence-electron chi connectivity index (χ2n) is 6.17. The van der Waals surface area contributed by atoms with Crippen molar-refractivity contribution in [3.63, 3.8) is 0 Å². The second kappa shape index (κ2) is 6.83. The van der Waals surface area contributed by atoms with Gasteiger partial charge in [-0.1, -0.05) is 54.2 Å². The number of rotatable bonds is 4. The van der Waals surface area contributed by atoms with E-state index < -0.39 is 0 Å². The second-order valence-corrected chi connectivity index (χ2v) is 7.21. The van der Waals surface area contributed by atoms with Crippen LogP contribution in [-0.2, 0) is 4.74 Å². The standard InChI is InChI=1S/C20H19NO2S/c22-21-10-4-3-7-20(21)24-14-19-12-18(13-23-19)17-9-8-15-5-1-2-6-16(15)11-17/h1-11,18-19H,12-14H2/t18-,19-/m1/s1. The monoisotopic (exact) mass is 337 g/mol. The first-order valence-electron chi connectivity index (χ1n) is 8.21. The van der Waals surface area contributed by atoms with E-state index in [9.17, 15) is 5.21 Å². The third-order valence-corrected chi connectivity index (χ3v) is 5.68. The predicted octanol–water partition coefficient (Wildman–Crippen LogP) is 4.14. The summed E-state index contributed by atoms with van der Waals surface area (Å²) in [6.07, 6.45) is 2.75. The number of pyridine rings is 1. The highest BCUT2D eigenvalue weighted by atomic mass is 32.2. The highest BCUT2D eigenvalue weighted by Gasteiger charge is 2.27. The van der Waals surface area contributed by atoms with Crippen LogP contribution >= 0.6 is 11.8 Å². The van der Waals surface area contributed by atoms with Gasteiger partial charge in [-0.05, 0) is 28.8 Å². The van der Waals surface area contributed by atoms with Crippen LogP contribution in [0.5, 0.6) is 0 Å². The van der Waals surface area contributed by atoms with E-state index in [0.717, 1.165) is 28.5 Å². The first kappa shape index (κ1) is 15.5. The topological polar surface area (TPSA) is 36.2 Å². The number of hydrogen-bond acceptors (Lipinski definition) is 3. The van der Waals surface area contributed by atoms with Crippen molar-refractivity contribution in [2.24, 2.45) is 0 Å². The summed E-state index contributed by atoms with van der Waals surface area (Å²) >= 11 is 1.57. The van der Waals surface area contributed by atoms with Crippen LogP contribution in [0.25, 0.3) is 10.8 Å². The van der Waals surface area contributed by atoms with Crippen molar-refractivity contribution in [3.8, 4) is 0 Å². The number of aromatic nitrogens is 1. The molecule has 4 rings (SSSR count). The van der Waals surface area contributed by atoms with Crippen LogP contribution in [0.15, 0.2) is 71.9 Å². The van der Waals surface area contributed by atoms with Crippen molar-refractivity contribution in [1.29, 1.82) is 0 Å². The Bertz CT molecular complexity index is 852. The molecule has 4 heteroatoms. The summed E-state index contributed by atoms with van der Waals surface area (Å²) in [6.45, 7) is 0.760. The Morgan fingerprint density at radius 1 is 1.04 bits per heavy atom. The predicted molar refractivity (Wildman–Crippen MR) is 97.2 cm³/mol. The van der Waals surface area contributed by atoms with E-state index in [0.29, 0.717) is 5.92 Å². The van der Waals surface area contributed by atoms with E-state index in [4.69, 9.17) is 4.74 Å². The van der Waals surface area contributed by atoms with Gasteiger partial charge < -0.3 is 9.94 Å². The lowest BCUT2D eigenvalue weighted by Crippen LogP contribution is -2.28. The fourth-order valence-corrected chi connectivity index (χ4v) is 4.17. The van der Waals surface area contributed by atoms with Gasteiger partial charge in [-0.3, -0.25) is 0 Å². The quantitative estimate of drug-likeness (QED) is 0.408. The van der Waals surface area contributed by atoms with Gasteiger partial charge in [-0.25, -0.2) is 0 Å². The largest absolute Gasteiger partial charge is 0.618 e. The maximum atomic E-state index is 11.7. The molecule has 2 aromatic carbocycles. The third kappa shape index (κ3) is 3.25. The minimum absolute atomic E-state index is 0.201. The summed E-state index contributed by atoms with van der Waals surface area (Å²) in [5, 5.41) is 15.0. The molecule has 0 unspecified atom stereocenters. The van der Waals surface area contributed by atoms with Crippen molar-refractivity contribution in [2.75, 3.05) is 12.4 Å². The molecule has 0 bridgehead atoms. The zero-order valence-corrected chi connectivity index (χ0v) is 14.1. The van der Waals surface area contributed by atoms with Crippen molar-refractivity contribution in [2.45, 2.75) is 23.5 Å². The van der Waals surface area contributed by atoms with Crippen molar-refractivity contribution < 1.29 is 9.47 Å². The van der Waals surface area contributed by atoms with E-state index in [2.05, 4.69) is 42.5 Å². The molecule has 1 aliphatic rings. The van der Waals surface area contributed by atoms with Crippen LogP contribution in [0.3, 0.4) is 0 Å². The molecule has 1 aliphatic heterocycles. The Kier molecular flexibility index (Phi) is 4.41. The maximum Gasteiger partial charge on any atom is 0.251 e. The van der Waals surface area contributed by atoms with Gasteiger partial charge in [0.15, 0.2) is 6.20 Å².